The Bertz CT molecular complexity index is 958. The summed E-state index contributed by atoms with van der Waals surface area (Å²) in [6.07, 6.45) is 0. The molecule has 0 fully saturated rings. The molecule has 0 aliphatic rings. The monoisotopic (exact) mass is 460 g/mol. The number of fused-ring (bicyclic) bond motifs is 1. The third-order valence-electron chi connectivity index (χ3n) is 4.10. The molecule has 0 radical (unpaired) electrons. The van der Waals surface area contributed by atoms with Crippen molar-refractivity contribution in [2.24, 2.45) is 0 Å². The van der Waals surface area contributed by atoms with Gasteiger partial charge in [-0.25, -0.2) is 4.98 Å². The average molecular weight is 461 g/mol. The molecule has 0 saturated carbocycles. The molecule has 0 spiro atoms. The molecule has 1 aromatic heterocycles. The van der Waals surface area contributed by atoms with Gasteiger partial charge < -0.3 is 5.32 Å². The lowest BCUT2D eigenvalue weighted by Crippen LogP contribution is -2.41. The smallest absolute Gasteiger partial charge is 0.242 e. The van der Waals surface area contributed by atoms with E-state index >= 15 is 0 Å². The molecule has 1 heterocycles. The highest BCUT2D eigenvalue weighted by Crippen LogP contribution is 2.28. The molecule has 146 valence electrons. The van der Waals surface area contributed by atoms with E-state index in [1.165, 1.54) is 11.3 Å². The second kappa shape index (κ2) is 9.27. The minimum atomic E-state index is -0.176. The predicted molar refractivity (Wildman–Crippen MR) is 118 cm³/mol. The molecule has 3 aromatic rings. The normalized spacial score (nSPS) is 11.0. The summed E-state index contributed by atoms with van der Waals surface area (Å²) in [5, 5.41) is 3.52. The zero-order valence-electron chi connectivity index (χ0n) is 15.7. The minimum Gasteiger partial charge on any atom is -0.324 e. The lowest BCUT2D eigenvalue weighted by atomic mass is 10.3. The van der Waals surface area contributed by atoms with E-state index in [2.05, 4.69) is 26.2 Å². The zero-order valence-corrected chi connectivity index (χ0v) is 18.1. The van der Waals surface area contributed by atoms with Crippen LogP contribution in [0.5, 0.6) is 0 Å². The number of rotatable bonds is 7. The Morgan fingerprint density at radius 1 is 1.11 bits per heavy atom. The van der Waals surface area contributed by atoms with E-state index < -0.39 is 0 Å². The molecule has 8 heteroatoms. The van der Waals surface area contributed by atoms with E-state index in [1.54, 1.807) is 16.8 Å². The van der Waals surface area contributed by atoms with Crippen molar-refractivity contribution in [3.05, 3.63) is 53.0 Å². The molecule has 0 unspecified atom stereocenters. The Labute approximate surface area is 176 Å². The highest BCUT2D eigenvalue weighted by molar-refractivity contribution is 9.10. The first-order valence-corrected chi connectivity index (χ1v) is 10.5. The summed E-state index contributed by atoms with van der Waals surface area (Å²) >= 11 is 4.90. The third kappa shape index (κ3) is 4.95. The van der Waals surface area contributed by atoms with Crippen LogP contribution in [-0.4, -0.2) is 48.4 Å². The van der Waals surface area contributed by atoms with Gasteiger partial charge in [0.05, 0.1) is 29.0 Å². The number of hydrogen-bond donors (Lipinski definition) is 1. The van der Waals surface area contributed by atoms with E-state index in [4.69, 9.17) is 0 Å². The van der Waals surface area contributed by atoms with E-state index in [0.717, 1.165) is 14.7 Å². The summed E-state index contributed by atoms with van der Waals surface area (Å²) in [6, 6.07) is 15.2. The first-order valence-electron chi connectivity index (χ1n) is 8.86. The summed E-state index contributed by atoms with van der Waals surface area (Å²) in [4.78, 5) is 33.0. The Morgan fingerprint density at radius 3 is 2.54 bits per heavy atom. The number of carbonyl (C=O) groups excluding carboxylic acids is 2. The summed E-state index contributed by atoms with van der Waals surface area (Å²) in [5.74, 6) is -0.261. The summed E-state index contributed by atoms with van der Waals surface area (Å²) in [7, 11) is 1.75. The molecular formula is C20H21BrN4O2S. The largest absolute Gasteiger partial charge is 0.324 e. The summed E-state index contributed by atoms with van der Waals surface area (Å²) in [5.41, 5.74) is 1.59. The van der Waals surface area contributed by atoms with Crippen LogP contribution in [0.25, 0.3) is 10.2 Å². The number of amides is 2. The van der Waals surface area contributed by atoms with Gasteiger partial charge in [-0.3, -0.25) is 19.4 Å². The number of likely N-dealkylation sites (N-methyl/N-ethyl adjacent to an activating group) is 2. The quantitative estimate of drug-likeness (QED) is 0.578. The Hall–Kier alpha value is -2.29. The van der Waals surface area contributed by atoms with Crippen LogP contribution < -0.4 is 10.2 Å². The van der Waals surface area contributed by atoms with Crippen LogP contribution in [0.15, 0.2) is 53.0 Å². The average Bonchev–Trinajstić information content (AvgIpc) is 3.07. The van der Waals surface area contributed by atoms with Gasteiger partial charge in [-0.15, -0.1) is 0 Å². The first kappa shape index (κ1) is 20.4. The molecule has 28 heavy (non-hydrogen) atoms. The predicted octanol–water partition coefficient (Wildman–Crippen LogP) is 3.98. The number of benzene rings is 2. The molecule has 0 bridgehead atoms. The van der Waals surface area contributed by atoms with Crippen molar-refractivity contribution < 1.29 is 9.59 Å². The number of hydrogen-bond acceptors (Lipinski definition) is 5. The molecule has 2 amide bonds. The van der Waals surface area contributed by atoms with Gasteiger partial charge in [0.2, 0.25) is 11.8 Å². The number of nitrogens with zero attached hydrogens (tertiary/aromatic N) is 3. The zero-order chi connectivity index (χ0) is 20.1. The van der Waals surface area contributed by atoms with E-state index in [9.17, 15) is 9.59 Å². The van der Waals surface area contributed by atoms with Crippen molar-refractivity contribution in [2.45, 2.75) is 6.92 Å². The minimum absolute atomic E-state index is 0.0854. The Kier molecular flexibility index (Phi) is 6.77. The molecule has 0 aliphatic heterocycles. The van der Waals surface area contributed by atoms with Gasteiger partial charge in [0.1, 0.15) is 0 Å². The molecule has 0 atom stereocenters. The molecule has 1 N–H and O–H groups in total. The maximum atomic E-state index is 12.8. The fourth-order valence-corrected chi connectivity index (χ4v) is 4.19. The molecule has 2 aromatic carbocycles. The van der Waals surface area contributed by atoms with Crippen LogP contribution in [0.2, 0.25) is 0 Å². The van der Waals surface area contributed by atoms with Crippen LogP contribution in [0, 0.1) is 0 Å². The number of nitrogens with one attached hydrogen (secondary N) is 1. The molecule has 0 saturated heterocycles. The maximum Gasteiger partial charge on any atom is 0.242 e. The van der Waals surface area contributed by atoms with E-state index in [-0.39, 0.29) is 24.9 Å². The lowest BCUT2D eigenvalue weighted by Gasteiger charge is -2.22. The fraction of sp³-hybridized carbons (Fsp3) is 0.250. The molecule has 3 rings (SSSR count). The second-order valence-electron chi connectivity index (χ2n) is 6.30. The van der Waals surface area contributed by atoms with Crippen molar-refractivity contribution in [3.63, 3.8) is 0 Å². The van der Waals surface area contributed by atoms with Crippen molar-refractivity contribution in [1.82, 2.24) is 9.88 Å². The van der Waals surface area contributed by atoms with Gasteiger partial charge in [-0.2, -0.15) is 0 Å². The number of aromatic nitrogens is 1. The fourth-order valence-electron chi connectivity index (χ4n) is 2.76. The van der Waals surface area contributed by atoms with Crippen LogP contribution in [-0.2, 0) is 9.59 Å². The van der Waals surface area contributed by atoms with Crippen LogP contribution in [0.1, 0.15) is 6.92 Å². The Balaban J connectivity index is 1.60. The van der Waals surface area contributed by atoms with Crippen molar-refractivity contribution in [2.75, 3.05) is 36.9 Å². The first-order chi connectivity index (χ1) is 13.5. The number of carbonyl (C=O) groups is 2. The molecule has 0 aliphatic carbocycles. The van der Waals surface area contributed by atoms with Gasteiger partial charge >= 0.3 is 0 Å². The molecule has 6 nitrogen and oxygen atoms in total. The molecular weight excluding hydrogens is 440 g/mol. The Morgan fingerprint density at radius 2 is 1.82 bits per heavy atom. The second-order valence-corrected chi connectivity index (χ2v) is 8.17. The van der Waals surface area contributed by atoms with E-state index in [1.807, 2.05) is 55.5 Å². The van der Waals surface area contributed by atoms with Crippen LogP contribution >= 0.6 is 27.3 Å². The van der Waals surface area contributed by atoms with Crippen LogP contribution in [0.3, 0.4) is 0 Å². The van der Waals surface area contributed by atoms with Crippen molar-refractivity contribution in [3.8, 4) is 0 Å². The van der Waals surface area contributed by atoms with Gasteiger partial charge in [0, 0.05) is 11.0 Å². The number of thiazole rings is 1. The van der Waals surface area contributed by atoms with Gasteiger partial charge in [-0.1, -0.05) is 35.6 Å². The maximum absolute atomic E-state index is 12.8. The van der Waals surface area contributed by atoms with E-state index in [0.29, 0.717) is 17.4 Å². The standard InChI is InChI=1S/C20H21BrN4O2S/c1-3-25(20-23-16-10-6-7-11-17(16)28-20)19(27)13-24(2)12-18(26)22-15-9-5-4-8-14(15)21/h4-11H,3,12-13H2,1-2H3,(H,22,26). The number of halogens is 1. The topological polar surface area (TPSA) is 65.5 Å². The number of anilines is 2. The highest BCUT2D eigenvalue weighted by atomic mass is 79.9. The van der Waals surface area contributed by atoms with Crippen molar-refractivity contribution in [1.29, 1.82) is 0 Å². The van der Waals surface area contributed by atoms with Gasteiger partial charge in [-0.05, 0) is 54.2 Å². The SMILES string of the molecule is CCN(C(=O)CN(C)CC(=O)Nc1ccccc1Br)c1nc2ccccc2s1. The van der Waals surface area contributed by atoms with Crippen molar-refractivity contribution >= 4 is 60.1 Å². The lowest BCUT2D eigenvalue weighted by molar-refractivity contribution is -0.121. The van der Waals surface area contributed by atoms with Gasteiger partial charge in [0.25, 0.3) is 0 Å². The highest BCUT2D eigenvalue weighted by Gasteiger charge is 2.20. The van der Waals surface area contributed by atoms with Gasteiger partial charge in [0.15, 0.2) is 5.13 Å². The third-order valence-corrected chi connectivity index (χ3v) is 5.85. The summed E-state index contributed by atoms with van der Waals surface area (Å²) < 4.78 is 1.86. The summed E-state index contributed by atoms with van der Waals surface area (Å²) in [6.45, 7) is 2.69. The number of para-hydroxylation sites is 2. The van der Waals surface area contributed by atoms with Crippen LogP contribution in [0.4, 0.5) is 10.8 Å².